The number of aromatic amines is 1. The second-order valence-electron chi connectivity index (χ2n) is 4.90. The van der Waals surface area contributed by atoms with Gasteiger partial charge in [0.2, 0.25) is 0 Å². The summed E-state index contributed by atoms with van der Waals surface area (Å²) in [7, 11) is 0. The number of carbonyl (C=O) groups is 1. The van der Waals surface area contributed by atoms with E-state index in [1.54, 1.807) is 24.3 Å². The highest BCUT2D eigenvalue weighted by molar-refractivity contribution is 7.99. The van der Waals surface area contributed by atoms with Gasteiger partial charge < -0.3 is 0 Å². The van der Waals surface area contributed by atoms with Crippen molar-refractivity contribution in [3.05, 3.63) is 46.4 Å². The van der Waals surface area contributed by atoms with Crippen molar-refractivity contribution in [1.29, 1.82) is 0 Å². The number of halogens is 2. The standard InChI is InChI=1S/C16H12Cl2N2OS2/c1-9(21)8-22-16-7-13(19-20-16)15-5-4-14(23-15)10-2-3-11(17)12(18)6-10/h2-7H,8H2,1H3,(H,19,20). The first-order chi connectivity index (χ1) is 11.0. The molecule has 2 heterocycles. The van der Waals surface area contributed by atoms with E-state index in [2.05, 4.69) is 10.2 Å². The van der Waals surface area contributed by atoms with E-state index < -0.39 is 0 Å². The molecule has 7 heteroatoms. The molecule has 23 heavy (non-hydrogen) atoms. The minimum atomic E-state index is 0.137. The third-order valence-corrected chi connectivity index (χ3v) is 6.02. The molecular formula is C16H12Cl2N2OS2. The number of ketones is 1. The Bertz CT molecular complexity index is 857. The van der Waals surface area contributed by atoms with E-state index >= 15 is 0 Å². The number of nitrogens with zero attached hydrogens (tertiary/aromatic N) is 1. The van der Waals surface area contributed by atoms with Gasteiger partial charge in [0.1, 0.15) is 10.8 Å². The van der Waals surface area contributed by atoms with Crippen LogP contribution in [0.15, 0.2) is 41.4 Å². The van der Waals surface area contributed by atoms with Gasteiger partial charge in [0.25, 0.3) is 0 Å². The molecule has 0 fully saturated rings. The number of aromatic nitrogens is 2. The Morgan fingerprint density at radius 2 is 1.96 bits per heavy atom. The fourth-order valence-corrected chi connectivity index (χ4v) is 3.90. The maximum atomic E-state index is 11.0. The van der Waals surface area contributed by atoms with Crippen LogP contribution < -0.4 is 0 Å². The van der Waals surface area contributed by atoms with Gasteiger partial charge in [0.15, 0.2) is 0 Å². The molecule has 2 aromatic heterocycles. The lowest BCUT2D eigenvalue weighted by Crippen LogP contribution is -1.92. The fourth-order valence-electron chi connectivity index (χ4n) is 1.97. The summed E-state index contributed by atoms with van der Waals surface area (Å²) >= 11 is 15.1. The monoisotopic (exact) mass is 382 g/mol. The van der Waals surface area contributed by atoms with E-state index in [0.29, 0.717) is 15.8 Å². The zero-order chi connectivity index (χ0) is 16.4. The van der Waals surface area contributed by atoms with Crippen molar-refractivity contribution in [3.8, 4) is 21.0 Å². The lowest BCUT2D eigenvalue weighted by atomic mass is 10.2. The molecule has 3 aromatic rings. The molecular weight excluding hydrogens is 371 g/mol. The molecule has 1 N–H and O–H groups in total. The third kappa shape index (κ3) is 3.98. The minimum absolute atomic E-state index is 0.137. The highest BCUT2D eigenvalue weighted by Gasteiger charge is 2.10. The molecule has 3 nitrogen and oxygen atoms in total. The van der Waals surface area contributed by atoms with Crippen molar-refractivity contribution < 1.29 is 4.79 Å². The zero-order valence-electron chi connectivity index (χ0n) is 12.1. The van der Waals surface area contributed by atoms with Gasteiger partial charge in [-0.2, -0.15) is 5.10 Å². The summed E-state index contributed by atoms with van der Waals surface area (Å²) in [4.78, 5) is 13.2. The number of carbonyl (C=O) groups excluding carboxylic acids is 1. The van der Waals surface area contributed by atoms with Crippen LogP contribution in [0.25, 0.3) is 21.0 Å². The maximum Gasteiger partial charge on any atom is 0.140 e. The Labute approximate surface area is 152 Å². The lowest BCUT2D eigenvalue weighted by molar-refractivity contribution is -0.114. The van der Waals surface area contributed by atoms with Crippen LogP contribution in [-0.4, -0.2) is 21.7 Å². The summed E-state index contributed by atoms with van der Waals surface area (Å²) in [5, 5.41) is 9.15. The average molecular weight is 383 g/mol. The predicted octanol–water partition coefficient (Wildman–Crippen LogP) is 5.79. The number of H-pyrrole nitrogens is 1. The molecule has 0 atom stereocenters. The van der Waals surface area contributed by atoms with Gasteiger partial charge in [-0.25, -0.2) is 0 Å². The summed E-state index contributed by atoms with van der Waals surface area (Å²) in [6.45, 7) is 1.57. The first kappa shape index (κ1) is 16.6. The van der Waals surface area contributed by atoms with Crippen LogP contribution >= 0.6 is 46.3 Å². The van der Waals surface area contributed by atoms with Crippen LogP contribution in [0.2, 0.25) is 10.0 Å². The van der Waals surface area contributed by atoms with Gasteiger partial charge in [-0.3, -0.25) is 9.89 Å². The zero-order valence-corrected chi connectivity index (χ0v) is 15.2. The Morgan fingerprint density at radius 3 is 2.70 bits per heavy atom. The van der Waals surface area contributed by atoms with E-state index in [1.165, 1.54) is 11.8 Å². The molecule has 0 amide bonds. The van der Waals surface area contributed by atoms with E-state index in [1.807, 2.05) is 30.3 Å². The van der Waals surface area contributed by atoms with Crippen LogP contribution in [0.5, 0.6) is 0 Å². The number of Topliss-reactive ketones (excluding diaryl/α,β-unsaturated/α-hetero) is 1. The third-order valence-electron chi connectivity index (χ3n) is 3.05. The molecule has 3 rings (SSSR count). The van der Waals surface area contributed by atoms with Crippen molar-refractivity contribution >= 4 is 52.1 Å². The van der Waals surface area contributed by atoms with Crippen LogP contribution in [-0.2, 0) is 4.79 Å². The first-order valence-corrected chi connectivity index (χ1v) is 9.32. The molecule has 0 saturated heterocycles. The van der Waals surface area contributed by atoms with Crippen LogP contribution in [0.4, 0.5) is 0 Å². The molecule has 0 aliphatic rings. The number of benzene rings is 1. The van der Waals surface area contributed by atoms with Crippen LogP contribution in [0, 0.1) is 0 Å². The normalized spacial score (nSPS) is 10.9. The maximum absolute atomic E-state index is 11.0. The summed E-state index contributed by atoms with van der Waals surface area (Å²) in [5.41, 5.74) is 1.97. The number of rotatable bonds is 5. The molecule has 1 aromatic carbocycles. The van der Waals surface area contributed by atoms with Gasteiger partial charge in [-0.15, -0.1) is 11.3 Å². The molecule has 0 spiro atoms. The summed E-state index contributed by atoms with van der Waals surface area (Å²) < 4.78 is 0. The minimum Gasteiger partial charge on any atom is -0.299 e. The van der Waals surface area contributed by atoms with Gasteiger partial charge in [0.05, 0.1) is 26.4 Å². The molecule has 0 aliphatic heterocycles. The Balaban J connectivity index is 1.81. The van der Waals surface area contributed by atoms with Crippen molar-refractivity contribution in [2.24, 2.45) is 0 Å². The predicted molar refractivity (Wildman–Crippen MR) is 98.8 cm³/mol. The fraction of sp³-hybridized carbons (Fsp3) is 0.125. The van der Waals surface area contributed by atoms with Crippen molar-refractivity contribution in [3.63, 3.8) is 0 Å². The molecule has 118 valence electrons. The summed E-state index contributed by atoms with van der Waals surface area (Å²) in [6, 6.07) is 11.6. The molecule has 0 unspecified atom stereocenters. The SMILES string of the molecule is CC(=O)CSc1cc(-c2ccc(-c3ccc(Cl)c(Cl)c3)s2)[nH]n1. The van der Waals surface area contributed by atoms with Crippen molar-refractivity contribution in [1.82, 2.24) is 10.2 Å². The van der Waals surface area contributed by atoms with Crippen LogP contribution in [0.1, 0.15) is 6.92 Å². The second kappa shape index (κ2) is 7.09. The average Bonchev–Trinajstić information content (AvgIpc) is 3.16. The summed E-state index contributed by atoms with van der Waals surface area (Å²) in [6.07, 6.45) is 0. The molecule has 0 aliphatic carbocycles. The number of hydrogen-bond acceptors (Lipinski definition) is 4. The quantitative estimate of drug-likeness (QED) is 0.567. The van der Waals surface area contributed by atoms with E-state index in [9.17, 15) is 4.79 Å². The van der Waals surface area contributed by atoms with Crippen molar-refractivity contribution in [2.45, 2.75) is 11.9 Å². The van der Waals surface area contributed by atoms with Gasteiger partial charge in [0, 0.05) is 4.88 Å². The van der Waals surface area contributed by atoms with E-state index in [4.69, 9.17) is 23.2 Å². The molecule has 0 radical (unpaired) electrons. The van der Waals surface area contributed by atoms with E-state index in [0.717, 1.165) is 26.0 Å². The Kier molecular flexibility index (Phi) is 5.11. The number of nitrogens with one attached hydrogen (secondary N) is 1. The highest BCUT2D eigenvalue weighted by atomic mass is 35.5. The first-order valence-electron chi connectivity index (χ1n) is 6.76. The number of hydrogen-bond donors (Lipinski definition) is 1. The second-order valence-corrected chi connectivity index (χ2v) is 7.80. The largest absolute Gasteiger partial charge is 0.299 e. The van der Waals surface area contributed by atoms with E-state index in [-0.39, 0.29) is 5.78 Å². The van der Waals surface area contributed by atoms with Gasteiger partial charge >= 0.3 is 0 Å². The van der Waals surface area contributed by atoms with Crippen molar-refractivity contribution in [2.75, 3.05) is 5.75 Å². The topological polar surface area (TPSA) is 45.8 Å². The molecule has 0 saturated carbocycles. The van der Waals surface area contributed by atoms with Gasteiger partial charge in [-0.1, -0.05) is 41.0 Å². The number of thioether (sulfide) groups is 1. The highest BCUT2D eigenvalue weighted by Crippen LogP contribution is 2.36. The number of thiophene rings is 1. The van der Waals surface area contributed by atoms with Gasteiger partial charge in [-0.05, 0) is 42.8 Å². The summed E-state index contributed by atoms with van der Waals surface area (Å²) in [5.74, 6) is 0.570. The smallest absolute Gasteiger partial charge is 0.140 e. The molecule has 0 bridgehead atoms. The Morgan fingerprint density at radius 1 is 1.17 bits per heavy atom. The lowest BCUT2D eigenvalue weighted by Gasteiger charge is -2.00. The Hall–Kier alpha value is -1.27. The van der Waals surface area contributed by atoms with Crippen LogP contribution in [0.3, 0.4) is 0 Å².